The fourth-order valence-electron chi connectivity index (χ4n) is 1.51. The van der Waals surface area contributed by atoms with E-state index in [1.165, 1.54) is 36.2 Å². The lowest BCUT2D eigenvalue weighted by molar-refractivity contribution is 0.103. The summed E-state index contributed by atoms with van der Waals surface area (Å²) in [5.74, 6) is -0.359. The molecule has 2 heterocycles. The number of carbonyl (C=O) groups is 1. The van der Waals surface area contributed by atoms with Crippen LogP contribution in [0.3, 0.4) is 0 Å². The first-order valence-corrected chi connectivity index (χ1v) is 5.80. The predicted octanol–water partition coefficient (Wildman–Crippen LogP) is 0.376. The van der Waals surface area contributed by atoms with Gasteiger partial charge in [-0.25, -0.2) is 4.79 Å². The third kappa shape index (κ3) is 1.87. The van der Waals surface area contributed by atoms with Crippen molar-refractivity contribution in [3.8, 4) is 0 Å². The van der Waals surface area contributed by atoms with Gasteiger partial charge in [0.2, 0.25) is 5.78 Å². The summed E-state index contributed by atoms with van der Waals surface area (Å²) in [5.41, 5.74) is -0.542. The molecule has 2 rings (SSSR count). The summed E-state index contributed by atoms with van der Waals surface area (Å²) in [7, 11) is 2.86. The number of aromatic nitrogens is 2. The van der Waals surface area contributed by atoms with Crippen molar-refractivity contribution in [1.29, 1.82) is 0 Å². The Morgan fingerprint density at radius 3 is 2.59 bits per heavy atom. The van der Waals surface area contributed by atoms with Crippen LogP contribution in [0.4, 0.5) is 0 Å². The predicted molar refractivity (Wildman–Crippen MR) is 64.7 cm³/mol. The highest BCUT2D eigenvalue weighted by Gasteiger charge is 2.16. The highest BCUT2D eigenvalue weighted by molar-refractivity contribution is 7.08. The topological polar surface area (TPSA) is 61.1 Å². The first kappa shape index (κ1) is 11.5. The van der Waals surface area contributed by atoms with Gasteiger partial charge in [0, 0.05) is 31.2 Å². The second-order valence-electron chi connectivity index (χ2n) is 3.64. The Hall–Kier alpha value is -1.95. The molecule has 0 spiro atoms. The summed E-state index contributed by atoms with van der Waals surface area (Å²) in [6.45, 7) is 0. The van der Waals surface area contributed by atoms with Crippen molar-refractivity contribution >= 4 is 17.1 Å². The zero-order chi connectivity index (χ0) is 12.6. The first-order chi connectivity index (χ1) is 8.02. The largest absolute Gasteiger partial charge is 0.330 e. The molecule has 0 unspecified atom stereocenters. The molecule has 88 valence electrons. The molecule has 0 bridgehead atoms. The van der Waals surface area contributed by atoms with E-state index in [4.69, 9.17) is 0 Å². The summed E-state index contributed by atoms with van der Waals surface area (Å²) in [4.78, 5) is 35.3. The van der Waals surface area contributed by atoms with Crippen LogP contribution in [0, 0.1) is 0 Å². The van der Waals surface area contributed by atoms with Crippen molar-refractivity contribution < 1.29 is 4.79 Å². The van der Waals surface area contributed by atoms with E-state index in [0.717, 1.165) is 4.57 Å². The molecule has 0 aromatic carbocycles. The molecule has 5 nitrogen and oxygen atoms in total. The van der Waals surface area contributed by atoms with Gasteiger partial charge in [0.05, 0.1) is 0 Å². The van der Waals surface area contributed by atoms with E-state index < -0.39 is 11.2 Å². The van der Waals surface area contributed by atoms with Crippen molar-refractivity contribution in [2.45, 2.75) is 0 Å². The molecule has 0 radical (unpaired) electrons. The fourth-order valence-corrected chi connectivity index (χ4v) is 2.15. The number of thiophene rings is 1. The smallest absolute Gasteiger partial charge is 0.303 e. The lowest BCUT2D eigenvalue weighted by Crippen LogP contribution is -2.39. The maximum absolute atomic E-state index is 12.0. The van der Waals surface area contributed by atoms with Crippen LogP contribution in [0.5, 0.6) is 0 Å². The Kier molecular flexibility index (Phi) is 2.81. The number of hydrogen-bond donors (Lipinski definition) is 0. The molecular weight excluding hydrogens is 240 g/mol. The number of carbonyl (C=O) groups excluding carboxylic acids is 1. The van der Waals surface area contributed by atoms with Crippen LogP contribution in [0.1, 0.15) is 15.9 Å². The summed E-state index contributed by atoms with van der Waals surface area (Å²) in [5, 5.41) is 3.44. The average molecular weight is 250 g/mol. The van der Waals surface area contributed by atoms with Gasteiger partial charge in [0.25, 0.3) is 5.56 Å². The van der Waals surface area contributed by atoms with E-state index in [0.29, 0.717) is 5.56 Å². The zero-order valence-corrected chi connectivity index (χ0v) is 10.2. The van der Waals surface area contributed by atoms with Gasteiger partial charge in [-0.2, -0.15) is 11.3 Å². The normalized spacial score (nSPS) is 10.5. The van der Waals surface area contributed by atoms with Crippen LogP contribution >= 0.6 is 11.3 Å². The van der Waals surface area contributed by atoms with Gasteiger partial charge in [-0.05, 0) is 11.4 Å². The maximum Gasteiger partial charge on any atom is 0.330 e. The van der Waals surface area contributed by atoms with Gasteiger partial charge in [-0.15, -0.1) is 0 Å². The van der Waals surface area contributed by atoms with Crippen molar-refractivity contribution in [1.82, 2.24) is 9.13 Å². The highest BCUT2D eigenvalue weighted by atomic mass is 32.1. The quantitative estimate of drug-likeness (QED) is 0.724. The van der Waals surface area contributed by atoms with Gasteiger partial charge < -0.3 is 4.57 Å². The first-order valence-electron chi connectivity index (χ1n) is 4.86. The number of hydrogen-bond acceptors (Lipinski definition) is 4. The monoisotopic (exact) mass is 250 g/mol. The Balaban J connectivity index is 2.66. The number of aryl methyl sites for hydroxylation is 1. The minimum atomic E-state index is -0.565. The number of rotatable bonds is 2. The molecule has 0 saturated carbocycles. The van der Waals surface area contributed by atoms with Gasteiger partial charge in [0.1, 0.15) is 5.56 Å². The van der Waals surface area contributed by atoms with Gasteiger partial charge in [-0.3, -0.25) is 14.2 Å². The molecule has 0 aliphatic rings. The van der Waals surface area contributed by atoms with Crippen molar-refractivity contribution in [2.75, 3.05) is 0 Å². The summed E-state index contributed by atoms with van der Waals surface area (Å²) >= 11 is 1.38. The second-order valence-corrected chi connectivity index (χ2v) is 4.42. The van der Waals surface area contributed by atoms with Crippen molar-refractivity contribution in [3.05, 3.63) is 55.0 Å². The third-order valence-corrected chi connectivity index (χ3v) is 3.16. The Labute approximate surface area is 101 Å². The lowest BCUT2D eigenvalue weighted by Gasteiger charge is -2.04. The van der Waals surface area contributed by atoms with Crippen molar-refractivity contribution in [2.24, 2.45) is 14.1 Å². The molecule has 0 N–H and O–H groups in total. The van der Waals surface area contributed by atoms with Crippen LogP contribution in [-0.4, -0.2) is 14.9 Å². The zero-order valence-electron chi connectivity index (χ0n) is 9.34. The van der Waals surface area contributed by atoms with E-state index >= 15 is 0 Å². The van der Waals surface area contributed by atoms with Gasteiger partial charge in [-0.1, -0.05) is 0 Å². The van der Waals surface area contributed by atoms with Gasteiger partial charge >= 0.3 is 5.69 Å². The molecule has 0 saturated heterocycles. The molecule has 0 amide bonds. The molecule has 2 aromatic heterocycles. The third-order valence-electron chi connectivity index (χ3n) is 2.47. The Morgan fingerprint density at radius 1 is 1.29 bits per heavy atom. The maximum atomic E-state index is 12.0. The van der Waals surface area contributed by atoms with E-state index in [-0.39, 0.29) is 11.3 Å². The second kappa shape index (κ2) is 4.14. The SMILES string of the molecule is Cn1cc(C(=O)c2ccsc2)c(=O)n(C)c1=O. The summed E-state index contributed by atoms with van der Waals surface area (Å²) in [6, 6.07) is 1.65. The lowest BCUT2D eigenvalue weighted by atomic mass is 10.1. The molecule has 2 aromatic rings. The van der Waals surface area contributed by atoms with Crippen LogP contribution in [0.25, 0.3) is 0 Å². The molecule has 0 aliphatic carbocycles. The Morgan fingerprint density at radius 2 is 2.00 bits per heavy atom. The molecule has 0 aliphatic heterocycles. The van der Waals surface area contributed by atoms with Crippen molar-refractivity contribution in [3.63, 3.8) is 0 Å². The molecular formula is C11H10N2O3S. The van der Waals surface area contributed by atoms with Crippen LogP contribution in [-0.2, 0) is 14.1 Å². The number of nitrogens with zero attached hydrogens (tertiary/aromatic N) is 2. The van der Waals surface area contributed by atoms with Crippen LogP contribution in [0.15, 0.2) is 32.6 Å². The van der Waals surface area contributed by atoms with E-state index in [1.54, 1.807) is 16.8 Å². The van der Waals surface area contributed by atoms with E-state index in [1.807, 2.05) is 0 Å². The number of ketones is 1. The standard InChI is InChI=1S/C11H10N2O3S/c1-12-5-8(10(15)13(2)11(12)16)9(14)7-3-4-17-6-7/h3-6H,1-2H3. The van der Waals surface area contributed by atoms with Crippen LogP contribution < -0.4 is 11.2 Å². The Bertz CT molecular complexity index is 680. The minimum Gasteiger partial charge on any atom is -0.303 e. The summed E-state index contributed by atoms with van der Waals surface area (Å²) in [6.07, 6.45) is 1.28. The molecule has 0 atom stereocenters. The average Bonchev–Trinajstić information content (AvgIpc) is 2.84. The van der Waals surface area contributed by atoms with Crippen LogP contribution in [0.2, 0.25) is 0 Å². The summed E-state index contributed by atoms with van der Waals surface area (Å²) < 4.78 is 2.15. The van der Waals surface area contributed by atoms with E-state index in [2.05, 4.69) is 0 Å². The highest BCUT2D eigenvalue weighted by Crippen LogP contribution is 2.09. The molecule has 0 fully saturated rings. The molecule has 17 heavy (non-hydrogen) atoms. The molecule has 6 heteroatoms. The van der Waals surface area contributed by atoms with E-state index in [9.17, 15) is 14.4 Å². The minimum absolute atomic E-state index is 0.00741. The fraction of sp³-hybridized carbons (Fsp3) is 0.182. The van der Waals surface area contributed by atoms with Gasteiger partial charge in [0.15, 0.2) is 0 Å².